The molecule has 5 heteroatoms. The molecule has 0 saturated heterocycles. The van der Waals surface area contributed by atoms with Crippen LogP contribution in [0.2, 0.25) is 0 Å². The fourth-order valence-corrected chi connectivity index (χ4v) is 1.49. The van der Waals surface area contributed by atoms with E-state index in [1.165, 1.54) is 7.11 Å². The van der Waals surface area contributed by atoms with E-state index in [2.05, 4.69) is 5.32 Å². The molecule has 0 heterocycles. The largest absolute Gasteiger partial charge is 0.377 e. The summed E-state index contributed by atoms with van der Waals surface area (Å²) in [6.07, 6.45) is 3.49. The van der Waals surface area contributed by atoms with Crippen molar-refractivity contribution in [3.63, 3.8) is 0 Å². The fourth-order valence-electron chi connectivity index (χ4n) is 1.49. The molecule has 0 saturated carbocycles. The van der Waals surface area contributed by atoms with Gasteiger partial charge in [-0.2, -0.15) is 0 Å². The molecule has 0 rings (SSSR count). The zero-order chi connectivity index (χ0) is 13.8. The molecular formula is C13H23NO4. The van der Waals surface area contributed by atoms with E-state index in [-0.39, 0.29) is 24.1 Å². The molecule has 0 spiro atoms. The second kappa shape index (κ2) is 10.9. The predicted molar refractivity (Wildman–Crippen MR) is 68.3 cm³/mol. The summed E-state index contributed by atoms with van der Waals surface area (Å²) in [7, 11) is 1.48. The van der Waals surface area contributed by atoms with Crippen LogP contribution in [-0.4, -0.2) is 37.7 Å². The maximum Gasteiger partial charge on any atom is 0.220 e. The summed E-state index contributed by atoms with van der Waals surface area (Å²) >= 11 is 0. The Hall–Kier alpha value is -1.23. The van der Waals surface area contributed by atoms with Gasteiger partial charge in [0.25, 0.3) is 0 Å². The van der Waals surface area contributed by atoms with E-state index in [0.717, 1.165) is 12.8 Å². The molecule has 1 amide bonds. The average molecular weight is 257 g/mol. The van der Waals surface area contributed by atoms with E-state index < -0.39 is 0 Å². The molecule has 0 bridgehead atoms. The van der Waals surface area contributed by atoms with Gasteiger partial charge in [0, 0.05) is 32.9 Å². The SMILES string of the molecule is COCC(=O)CCCC(=O)NCCCCC(C)=O. The number of hydrogen-bond donors (Lipinski definition) is 1. The number of rotatable bonds is 11. The van der Waals surface area contributed by atoms with Gasteiger partial charge in [0.1, 0.15) is 12.4 Å². The molecule has 0 aromatic rings. The van der Waals surface area contributed by atoms with Crippen LogP contribution in [0.3, 0.4) is 0 Å². The Labute approximate surface area is 108 Å². The lowest BCUT2D eigenvalue weighted by molar-refractivity contribution is -0.123. The van der Waals surface area contributed by atoms with Gasteiger partial charge in [-0.25, -0.2) is 0 Å². The third kappa shape index (κ3) is 11.3. The van der Waals surface area contributed by atoms with Crippen molar-refractivity contribution in [2.75, 3.05) is 20.3 Å². The van der Waals surface area contributed by atoms with E-state index in [1.807, 2.05) is 0 Å². The maximum absolute atomic E-state index is 11.4. The number of amides is 1. The Morgan fingerprint density at radius 2 is 1.72 bits per heavy atom. The van der Waals surface area contributed by atoms with Gasteiger partial charge in [-0.3, -0.25) is 9.59 Å². The van der Waals surface area contributed by atoms with Crippen LogP contribution >= 0.6 is 0 Å². The second-order valence-electron chi connectivity index (χ2n) is 4.33. The lowest BCUT2D eigenvalue weighted by Crippen LogP contribution is -2.24. The van der Waals surface area contributed by atoms with Crippen LogP contribution in [0.25, 0.3) is 0 Å². The Kier molecular flexibility index (Phi) is 10.2. The van der Waals surface area contributed by atoms with Crippen molar-refractivity contribution < 1.29 is 19.1 Å². The molecule has 5 nitrogen and oxygen atoms in total. The number of carbonyl (C=O) groups excluding carboxylic acids is 3. The van der Waals surface area contributed by atoms with E-state index in [0.29, 0.717) is 32.2 Å². The van der Waals surface area contributed by atoms with Crippen molar-refractivity contribution in [3.8, 4) is 0 Å². The first-order valence-electron chi connectivity index (χ1n) is 6.33. The van der Waals surface area contributed by atoms with Crippen LogP contribution < -0.4 is 5.32 Å². The molecule has 0 radical (unpaired) electrons. The molecule has 0 aromatic carbocycles. The van der Waals surface area contributed by atoms with Crippen LogP contribution in [0.4, 0.5) is 0 Å². The third-order valence-electron chi connectivity index (χ3n) is 2.44. The fraction of sp³-hybridized carbons (Fsp3) is 0.769. The molecule has 0 aromatic heterocycles. The first kappa shape index (κ1) is 16.8. The van der Waals surface area contributed by atoms with Crippen molar-refractivity contribution in [2.45, 2.75) is 45.4 Å². The third-order valence-corrected chi connectivity index (χ3v) is 2.44. The highest BCUT2D eigenvalue weighted by atomic mass is 16.5. The van der Waals surface area contributed by atoms with Gasteiger partial charge in [-0.15, -0.1) is 0 Å². The first-order chi connectivity index (χ1) is 8.56. The summed E-state index contributed by atoms with van der Waals surface area (Å²) in [5.41, 5.74) is 0. The van der Waals surface area contributed by atoms with Gasteiger partial charge in [-0.1, -0.05) is 0 Å². The number of ether oxygens (including phenoxy) is 1. The van der Waals surface area contributed by atoms with Crippen LogP contribution in [0.15, 0.2) is 0 Å². The monoisotopic (exact) mass is 257 g/mol. The Morgan fingerprint density at radius 1 is 1.00 bits per heavy atom. The first-order valence-corrected chi connectivity index (χ1v) is 6.33. The van der Waals surface area contributed by atoms with Crippen LogP contribution in [0.1, 0.15) is 45.4 Å². The van der Waals surface area contributed by atoms with Crippen LogP contribution in [-0.2, 0) is 19.1 Å². The van der Waals surface area contributed by atoms with Crippen LogP contribution in [0.5, 0.6) is 0 Å². The van der Waals surface area contributed by atoms with Crippen molar-refractivity contribution >= 4 is 17.5 Å². The van der Waals surface area contributed by atoms with Gasteiger partial charge in [0.15, 0.2) is 5.78 Å². The van der Waals surface area contributed by atoms with Gasteiger partial charge in [0.2, 0.25) is 5.91 Å². The van der Waals surface area contributed by atoms with Gasteiger partial charge in [0.05, 0.1) is 0 Å². The highest BCUT2D eigenvalue weighted by Gasteiger charge is 2.04. The standard InChI is InChI=1S/C13H23NO4/c1-11(15)6-3-4-9-14-13(17)8-5-7-12(16)10-18-2/h3-10H2,1-2H3,(H,14,17). The minimum Gasteiger partial charge on any atom is -0.377 e. The highest BCUT2D eigenvalue weighted by Crippen LogP contribution is 1.98. The molecule has 0 fully saturated rings. The normalized spacial score (nSPS) is 10.1. The van der Waals surface area contributed by atoms with Gasteiger partial charge < -0.3 is 14.8 Å². The van der Waals surface area contributed by atoms with E-state index in [9.17, 15) is 14.4 Å². The van der Waals surface area contributed by atoms with Gasteiger partial charge >= 0.3 is 0 Å². The van der Waals surface area contributed by atoms with E-state index in [1.54, 1.807) is 6.92 Å². The Bertz CT molecular complexity index is 276. The summed E-state index contributed by atoms with van der Waals surface area (Å²) in [6.45, 7) is 2.28. The summed E-state index contributed by atoms with van der Waals surface area (Å²) in [5.74, 6) is 0.160. The molecule has 0 aliphatic rings. The van der Waals surface area contributed by atoms with Crippen molar-refractivity contribution in [2.24, 2.45) is 0 Å². The summed E-state index contributed by atoms with van der Waals surface area (Å²) < 4.78 is 4.69. The minimum absolute atomic E-state index is 0.0201. The lowest BCUT2D eigenvalue weighted by Gasteiger charge is -2.04. The second-order valence-corrected chi connectivity index (χ2v) is 4.33. The molecular weight excluding hydrogens is 234 g/mol. The summed E-state index contributed by atoms with van der Waals surface area (Å²) in [6, 6.07) is 0. The minimum atomic E-state index is -0.0389. The number of hydrogen-bond acceptors (Lipinski definition) is 4. The Balaban J connectivity index is 3.37. The number of unbranched alkanes of at least 4 members (excludes halogenated alkanes) is 1. The maximum atomic E-state index is 11.4. The predicted octanol–water partition coefficient (Wildman–Crippen LogP) is 1.25. The zero-order valence-electron chi connectivity index (χ0n) is 11.3. The van der Waals surface area contributed by atoms with Crippen LogP contribution in [0, 0.1) is 0 Å². The molecule has 18 heavy (non-hydrogen) atoms. The lowest BCUT2D eigenvalue weighted by atomic mass is 10.1. The molecule has 1 N–H and O–H groups in total. The van der Waals surface area contributed by atoms with Crippen molar-refractivity contribution in [1.29, 1.82) is 0 Å². The Morgan fingerprint density at radius 3 is 2.33 bits per heavy atom. The summed E-state index contributed by atoms with van der Waals surface area (Å²) in [4.78, 5) is 33.1. The van der Waals surface area contributed by atoms with E-state index in [4.69, 9.17) is 4.74 Å². The number of carbonyl (C=O) groups is 3. The molecule has 0 aliphatic carbocycles. The number of Topliss-reactive ketones (excluding diaryl/α,β-unsaturated/α-hetero) is 2. The average Bonchev–Trinajstić information content (AvgIpc) is 2.28. The molecule has 0 atom stereocenters. The van der Waals surface area contributed by atoms with E-state index >= 15 is 0 Å². The highest BCUT2D eigenvalue weighted by molar-refractivity contribution is 5.81. The molecule has 0 unspecified atom stereocenters. The number of nitrogens with one attached hydrogen (secondary N) is 1. The smallest absolute Gasteiger partial charge is 0.220 e. The number of ketones is 2. The molecule has 104 valence electrons. The zero-order valence-corrected chi connectivity index (χ0v) is 11.3. The number of methoxy groups -OCH3 is 1. The van der Waals surface area contributed by atoms with Crippen molar-refractivity contribution in [1.82, 2.24) is 5.32 Å². The molecule has 0 aliphatic heterocycles. The summed E-state index contributed by atoms with van der Waals surface area (Å²) in [5, 5.41) is 2.77. The quantitative estimate of drug-likeness (QED) is 0.565. The van der Waals surface area contributed by atoms with Crippen molar-refractivity contribution in [3.05, 3.63) is 0 Å². The topological polar surface area (TPSA) is 72.5 Å². The van der Waals surface area contributed by atoms with Gasteiger partial charge in [-0.05, 0) is 26.2 Å².